The molecule has 2 aromatic rings. The summed E-state index contributed by atoms with van der Waals surface area (Å²) in [5.41, 5.74) is 2.72. The van der Waals surface area contributed by atoms with Gasteiger partial charge in [0.25, 0.3) is 0 Å². The number of nitrogens with zero attached hydrogens (tertiary/aromatic N) is 4. The molecule has 2 rings (SSSR count). The number of hydrogen-bond donors (Lipinski definition) is 1. The van der Waals surface area contributed by atoms with Gasteiger partial charge in [0.05, 0.1) is 41.6 Å². The average Bonchev–Trinajstić information content (AvgIpc) is 3.21. The van der Waals surface area contributed by atoms with E-state index in [1.807, 2.05) is 68.1 Å². The van der Waals surface area contributed by atoms with Crippen molar-refractivity contribution < 1.29 is 9.53 Å². The maximum Gasteiger partial charge on any atom is 0.154 e. The van der Waals surface area contributed by atoms with Crippen molar-refractivity contribution in [3.05, 3.63) is 56.6 Å². The van der Waals surface area contributed by atoms with Gasteiger partial charge in [0.2, 0.25) is 0 Å². The summed E-state index contributed by atoms with van der Waals surface area (Å²) >= 11 is 7.60. The van der Waals surface area contributed by atoms with Crippen molar-refractivity contribution in [2.24, 2.45) is 9.98 Å². The molecule has 0 saturated carbocycles. The molecule has 0 aliphatic carbocycles. The number of aldehydes is 1. The molecule has 9 heteroatoms. The Kier molecular flexibility index (Phi) is 10.4. The molecule has 0 amide bonds. The number of methoxy groups -OCH3 is 1. The van der Waals surface area contributed by atoms with Crippen molar-refractivity contribution in [1.82, 2.24) is 9.80 Å². The third-order valence-corrected chi connectivity index (χ3v) is 6.21. The largest absolute Gasteiger partial charge is 0.495 e. The first-order chi connectivity index (χ1) is 15.8. The van der Waals surface area contributed by atoms with E-state index in [9.17, 15) is 4.79 Å². The number of aliphatic imine (C=N–C) groups is 2. The van der Waals surface area contributed by atoms with Crippen LogP contribution in [0.5, 0.6) is 5.75 Å². The second-order valence-corrected chi connectivity index (χ2v) is 9.36. The van der Waals surface area contributed by atoms with E-state index < -0.39 is 0 Å². The van der Waals surface area contributed by atoms with Crippen molar-refractivity contribution in [1.29, 1.82) is 0 Å². The van der Waals surface area contributed by atoms with Crippen molar-refractivity contribution in [2.45, 2.75) is 32.9 Å². The lowest BCUT2D eigenvalue weighted by molar-refractivity contribution is -0.112. The standard InChI is InChI=1S/C24H32ClN5O2S/c1-7-18(15-31)30(14-19-9-11-23(25)33-19)24(26-3)21(29(4)5)13-27-16-28-20-10-8-17(2)12-22(20)32-6/h8-13,15,18,28H,3,7,14,16H2,1-2,4-6H3/b24-21-,27-13?/t18-/m1/s1. The number of carbonyl (C=O) groups is 1. The van der Waals surface area contributed by atoms with Crippen LogP contribution in [-0.4, -0.2) is 62.9 Å². The highest BCUT2D eigenvalue weighted by Gasteiger charge is 2.23. The van der Waals surface area contributed by atoms with Crippen LogP contribution in [0.1, 0.15) is 23.8 Å². The smallest absolute Gasteiger partial charge is 0.154 e. The van der Waals surface area contributed by atoms with Crippen LogP contribution in [-0.2, 0) is 11.3 Å². The predicted molar refractivity (Wildman–Crippen MR) is 140 cm³/mol. The first kappa shape index (κ1) is 26.4. The van der Waals surface area contributed by atoms with Gasteiger partial charge in [-0.3, -0.25) is 4.99 Å². The monoisotopic (exact) mass is 489 g/mol. The zero-order valence-corrected chi connectivity index (χ0v) is 21.4. The van der Waals surface area contributed by atoms with E-state index in [0.717, 1.165) is 33.9 Å². The van der Waals surface area contributed by atoms with Gasteiger partial charge in [0, 0.05) is 19.0 Å². The maximum absolute atomic E-state index is 11.9. The summed E-state index contributed by atoms with van der Waals surface area (Å²) < 4.78 is 6.14. The summed E-state index contributed by atoms with van der Waals surface area (Å²) in [5.74, 6) is 1.35. The molecule has 0 aliphatic heterocycles. The van der Waals surface area contributed by atoms with Crippen LogP contribution < -0.4 is 10.1 Å². The molecule has 0 fully saturated rings. The van der Waals surface area contributed by atoms with Crippen molar-refractivity contribution in [3.63, 3.8) is 0 Å². The highest BCUT2D eigenvalue weighted by Crippen LogP contribution is 2.27. The van der Waals surface area contributed by atoms with Gasteiger partial charge in [0.1, 0.15) is 18.7 Å². The van der Waals surface area contributed by atoms with Crippen LogP contribution in [0.2, 0.25) is 4.34 Å². The maximum atomic E-state index is 11.9. The summed E-state index contributed by atoms with van der Waals surface area (Å²) in [5, 5.41) is 3.27. The zero-order chi connectivity index (χ0) is 24.4. The third-order valence-electron chi connectivity index (χ3n) is 4.99. The van der Waals surface area contributed by atoms with E-state index in [4.69, 9.17) is 16.3 Å². The highest BCUT2D eigenvalue weighted by atomic mass is 35.5. The lowest BCUT2D eigenvalue weighted by Crippen LogP contribution is -2.36. The van der Waals surface area contributed by atoms with E-state index in [-0.39, 0.29) is 6.04 Å². The van der Waals surface area contributed by atoms with Gasteiger partial charge in [-0.15, -0.1) is 11.3 Å². The minimum Gasteiger partial charge on any atom is -0.495 e. The first-order valence-electron chi connectivity index (χ1n) is 10.6. The molecule has 1 heterocycles. The topological polar surface area (TPSA) is 69.5 Å². The second-order valence-electron chi connectivity index (χ2n) is 7.56. The van der Waals surface area contributed by atoms with Gasteiger partial charge < -0.3 is 24.6 Å². The Morgan fingerprint density at radius 3 is 2.64 bits per heavy atom. The molecule has 0 saturated heterocycles. The van der Waals surface area contributed by atoms with E-state index in [0.29, 0.717) is 29.8 Å². The van der Waals surface area contributed by atoms with E-state index in [1.54, 1.807) is 13.3 Å². The molecule has 0 aliphatic rings. The number of carbonyl (C=O) groups excluding carboxylic acids is 1. The summed E-state index contributed by atoms with van der Waals surface area (Å²) in [6.45, 7) is 8.60. The predicted octanol–water partition coefficient (Wildman–Crippen LogP) is 5.07. The van der Waals surface area contributed by atoms with Gasteiger partial charge in [-0.25, -0.2) is 4.99 Å². The molecule has 0 unspecified atom stereocenters. The molecule has 0 bridgehead atoms. The normalized spacial score (nSPS) is 12.8. The number of allylic oxidation sites excluding steroid dienone is 1. The molecule has 0 radical (unpaired) electrons. The Bertz CT molecular complexity index is 1000. The number of benzene rings is 1. The van der Waals surface area contributed by atoms with Crippen LogP contribution in [0, 0.1) is 6.92 Å². The average molecular weight is 490 g/mol. The molecule has 178 valence electrons. The van der Waals surface area contributed by atoms with Gasteiger partial charge in [0.15, 0.2) is 5.82 Å². The SMILES string of the molecule is C=N/C(=C(\C=NCNc1ccc(C)cc1OC)N(C)C)N(Cc1ccc(Cl)s1)[C@@H](C=O)CC. The molecule has 7 nitrogen and oxygen atoms in total. The van der Waals surface area contributed by atoms with Crippen molar-refractivity contribution in [2.75, 3.05) is 33.2 Å². The fraction of sp³-hybridized carbons (Fsp3) is 0.375. The minimum absolute atomic E-state index is 0.340. The number of aryl methyl sites for hydroxylation is 1. The fourth-order valence-corrected chi connectivity index (χ4v) is 4.33. The van der Waals surface area contributed by atoms with E-state index >= 15 is 0 Å². The van der Waals surface area contributed by atoms with Gasteiger partial charge in [-0.05, 0) is 49.9 Å². The second kappa shape index (κ2) is 13.0. The van der Waals surface area contributed by atoms with Crippen molar-refractivity contribution >= 4 is 47.8 Å². The number of hydrogen-bond acceptors (Lipinski definition) is 8. The molecule has 33 heavy (non-hydrogen) atoms. The fourth-order valence-electron chi connectivity index (χ4n) is 3.24. The molecule has 0 spiro atoms. The zero-order valence-electron chi connectivity index (χ0n) is 19.8. The van der Waals surface area contributed by atoms with Crippen LogP contribution in [0.4, 0.5) is 5.69 Å². The summed E-state index contributed by atoms with van der Waals surface area (Å²) in [6, 6.07) is 9.40. The molecule has 1 aromatic heterocycles. The van der Waals surface area contributed by atoms with Crippen LogP contribution in [0.25, 0.3) is 0 Å². The van der Waals surface area contributed by atoms with E-state index in [1.165, 1.54) is 11.3 Å². The van der Waals surface area contributed by atoms with Gasteiger partial charge >= 0.3 is 0 Å². The summed E-state index contributed by atoms with van der Waals surface area (Å²) in [6.07, 6.45) is 3.31. The quantitative estimate of drug-likeness (QED) is 0.314. The van der Waals surface area contributed by atoms with Crippen LogP contribution in [0.3, 0.4) is 0 Å². The molecular weight excluding hydrogens is 458 g/mol. The third kappa shape index (κ3) is 7.33. The minimum atomic E-state index is -0.357. The summed E-state index contributed by atoms with van der Waals surface area (Å²) in [7, 11) is 5.46. The van der Waals surface area contributed by atoms with Crippen LogP contribution >= 0.6 is 22.9 Å². The summed E-state index contributed by atoms with van der Waals surface area (Å²) in [4.78, 5) is 25.6. The molecule has 1 N–H and O–H groups in total. The van der Waals surface area contributed by atoms with Crippen LogP contribution in [0.15, 0.2) is 51.8 Å². The number of thiophene rings is 1. The Balaban J connectivity index is 2.32. The lowest BCUT2D eigenvalue weighted by Gasteiger charge is -2.31. The number of ether oxygens (including phenoxy) is 1. The number of nitrogens with one attached hydrogen (secondary N) is 1. The number of anilines is 1. The Hall–Kier alpha value is -2.84. The molecular formula is C24H32ClN5O2S. The number of rotatable bonds is 13. The lowest BCUT2D eigenvalue weighted by atomic mass is 10.2. The molecule has 1 atom stereocenters. The highest BCUT2D eigenvalue weighted by molar-refractivity contribution is 7.16. The first-order valence-corrected chi connectivity index (χ1v) is 11.8. The Morgan fingerprint density at radius 1 is 1.33 bits per heavy atom. The Labute approximate surface area is 205 Å². The molecule has 1 aromatic carbocycles. The van der Waals surface area contributed by atoms with Gasteiger partial charge in [-0.2, -0.15) is 0 Å². The number of halogens is 1. The van der Waals surface area contributed by atoms with Gasteiger partial charge in [-0.1, -0.05) is 24.6 Å². The van der Waals surface area contributed by atoms with Crippen molar-refractivity contribution in [3.8, 4) is 5.75 Å². The Morgan fingerprint density at radius 2 is 2.09 bits per heavy atom. The van der Waals surface area contributed by atoms with E-state index in [2.05, 4.69) is 22.0 Å².